The van der Waals surface area contributed by atoms with Gasteiger partial charge in [-0.1, -0.05) is 18.2 Å². The lowest BCUT2D eigenvalue weighted by Crippen LogP contribution is -2.29. The lowest BCUT2D eigenvalue weighted by molar-refractivity contribution is -0.117. The minimum absolute atomic E-state index is 0.166. The zero-order valence-electron chi connectivity index (χ0n) is 12.0. The predicted octanol–water partition coefficient (Wildman–Crippen LogP) is 1.22. The van der Waals surface area contributed by atoms with E-state index < -0.39 is 0 Å². The number of nitrogens with zero attached hydrogens (tertiary/aromatic N) is 5. The molecule has 1 aromatic carbocycles. The third-order valence-electron chi connectivity index (χ3n) is 2.79. The normalized spacial score (nSPS) is 10.7. The van der Waals surface area contributed by atoms with Crippen molar-refractivity contribution in [1.29, 1.82) is 0 Å². The third kappa shape index (κ3) is 3.85. The summed E-state index contributed by atoms with van der Waals surface area (Å²) in [6.07, 6.45) is 1.36. The highest BCUT2D eigenvalue weighted by Gasteiger charge is 2.11. The van der Waals surface area contributed by atoms with Crippen LogP contribution in [0.15, 0.2) is 51.5 Å². The number of anilines is 1. The van der Waals surface area contributed by atoms with Crippen LogP contribution in [0.25, 0.3) is 0 Å². The Balaban J connectivity index is 1.61. The standard InChI is InChI=1S/C13H12N6O2S2/c1-18-8-14-19(13(18)21)7-10(20)15-11-16-12(17-23-11)22-9-5-3-2-4-6-9/h2-6,8H,7H2,1H3,(H,15,16,17,20). The number of hydrogen-bond donors (Lipinski definition) is 1. The van der Waals surface area contributed by atoms with Crippen molar-refractivity contribution in [3.8, 4) is 0 Å². The van der Waals surface area contributed by atoms with E-state index >= 15 is 0 Å². The van der Waals surface area contributed by atoms with Gasteiger partial charge in [0.25, 0.3) is 0 Å². The van der Waals surface area contributed by atoms with E-state index in [-0.39, 0.29) is 18.1 Å². The van der Waals surface area contributed by atoms with E-state index in [1.165, 1.54) is 22.7 Å². The Morgan fingerprint density at radius 3 is 2.83 bits per heavy atom. The molecule has 0 atom stereocenters. The van der Waals surface area contributed by atoms with Crippen LogP contribution in [-0.4, -0.2) is 29.6 Å². The summed E-state index contributed by atoms with van der Waals surface area (Å²) in [4.78, 5) is 28.8. The molecule has 3 aromatic rings. The van der Waals surface area contributed by atoms with Crippen LogP contribution in [0.4, 0.5) is 5.13 Å². The summed E-state index contributed by atoms with van der Waals surface area (Å²) in [5.74, 6) is -0.377. The van der Waals surface area contributed by atoms with Gasteiger partial charge in [0.1, 0.15) is 12.9 Å². The lowest BCUT2D eigenvalue weighted by Gasteiger charge is -2.00. The van der Waals surface area contributed by atoms with Crippen LogP contribution in [-0.2, 0) is 18.4 Å². The lowest BCUT2D eigenvalue weighted by atomic mass is 10.4. The number of benzene rings is 1. The maximum absolute atomic E-state index is 11.9. The first-order valence-corrected chi connectivity index (χ1v) is 8.16. The van der Waals surface area contributed by atoms with Crippen molar-refractivity contribution in [3.05, 3.63) is 47.1 Å². The third-order valence-corrected chi connectivity index (χ3v) is 4.41. The van der Waals surface area contributed by atoms with Crippen molar-refractivity contribution < 1.29 is 4.79 Å². The molecule has 0 spiro atoms. The number of rotatable bonds is 5. The number of aromatic nitrogens is 5. The van der Waals surface area contributed by atoms with Gasteiger partial charge in [0.05, 0.1) is 0 Å². The van der Waals surface area contributed by atoms with Crippen molar-refractivity contribution >= 4 is 34.3 Å². The highest BCUT2D eigenvalue weighted by atomic mass is 32.2. The molecule has 0 unspecified atom stereocenters. The number of carbonyl (C=O) groups excluding carboxylic acids is 1. The van der Waals surface area contributed by atoms with Gasteiger partial charge in [-0.15, -0.1) is 0 Å². The Morgan fingerprint density at radius 2 is 2.13 bits per heavy atom. The second-order valence-electron chi connectivity index (χ2n) is 4.53. The highest BCUT2D eigenvalue weighted by Crippen LogP contribution is 2.27. The summed E-state index contributed by atoms with van der Waals surface area (Å²) < 4.78 is 6.56. The molecule has 10 heteroatoms. The number of carbonyl (C=O) groups is 1. The average Bonchev–Trinajstić information content (AvgIpc) is 3.10. The highest BCUT2D eigenvalue weighted by molar-refractivity contribution is 7.99. The van der Waals surface area contributed by atoms with E-state index in [0.717, 1.165) is 21.1 Å². The quantitative estimate of drug-likeness (QED) is 0.745. The summed E-state index contributed by atoms with van der Waals surface area (Å²) in [7, 11) is 1.57. The van der Waals surface area contributed by atoms with Gasteiger partial charge >= 0.3 is 5.69 Å². The minimum Gasteiger partial charge on any atom is -0.299 e. The van der Waals surface area contributed by atoms with Gasteiger partial charge in [-0.3, -0.25) is 14.7 Å². The molecule has 23 heavy (non-hydrogen) atoms. The van der Waals surface area contributed by atoms with Crippen LogP contribution < -0.4 is 11.0 Å². The fourth-order valence-electron chi connectivity index (χ4n) is 1.72. The van der Waals surface area contributed by atoms with E-state index in [0.29, 0.717) is 10.3 Å². The molecule has 8 nitrogen and oxygen atoms in total. The van der Waals surface area contributed by atoms with Gasteiger partial charge in [-0.25, -0.2) is 9.48 Å². The number of hydrogen-bond acceptors (Lipinski definition) is 7. The molecule has 0 aliphatic carbocycles. The van der Waals surface area contributed by atoms with E-state index in [1.807, 2.05) is 30.3 Å². The summed E-state index contributed by atoms with van der Waals surface area (Å²) in [6.45, 7) is -0.166. The van der Waals surface area contributed by atoms with Gasteiger partial charge in [0.15, 0.2) is 0 Å². The monoisotopic (exact) mass is 348 g/mol. The van der Waals surface area contributed by atoms with Gasteiger partial charge in [-0.2, -0.15) is 14.5 Å². The molecule has 0 aliphatic heterocycles. The largest absolute Gasteiger partial charge is 0.345 e. The molecule has 0 fully saturated rings. The zero-order chi connectivity index (χ0) is 16.2. The molecule has 3 rings (SSSR count). The predicted molar refractivity (Wildman–Crippen MR) is 86.6 cm³/mol. The maximum atomic E-state index is 11.9. The van der Waals surface area contributed by atoms with Crippen molar-refractivity contribution in [2.75, 3.05) is 5.32 Å². The molecular formula is C13H12N6O2S2. The molecular weight excluding hydrogens is 336 g/mol. The van der Waals surface area contributed by atoms with Gasteiger partial charge in [0.2, 0.25) is 16.2 Å². The van der Waals surface area contributed by atoms with Crippen LogP contribution in [0.5, 0.6) is 0 Å². The van der Waals surface area contributed by atoms with Crippen LogP contribution in [0.2, 0.25) is 0 Å². The summed E-state index contributed by atoms with van der Waals surface area (Å²) in [5.41, 5.74) is -0.349. The summed E-state index contributed by atoms with van der Waals surface area (Å²) in [6, 6.07) is 9.71. The molecule has 0 saturated carbocycles. The molecule has 2 heterocycles. The van der Waals surface area contributed by atoms with E-state index in [2.05, 4.69) is 19.8 Å². The topological polar surface area (TPSA) is 94.7 Å². The molecule has 1 amide bonds. The Kier molecular flexibility index (Phi) is 4.53. The van der Waals surface area contributed by atoms with E-state index in [1.54, 1.807) is 7.05 Å². The smallest absolute Gasteiger partial charge is 0.299 e. The second kappa shape index (κ2) is 6.75. The number of amides is 1. The summed E-state index contributed by atoms with van der Waals surface area (Å²) in [5, 5.41) is 7.39. The molecule has 0 radical (unpaired) electrons. The number of nitrogens with one attached hydrogen (secondary N) is 1. The molecule has 2 aromatic heterocycles. The van der Waals surface area contributed by atoms with Crippen molar-refractivity contribution in [2.24, 2.45) is 7.05 Å². The van der Waals surface area contributed by atoms with Gasteiger partial charge in [-0.05, 0) is 23.9 Å². The Hall–Kier alpha value is -2.46. The van der Waals surface area contributed by atoms with Crippen LogP contribution in [0.3, 0.4) is 0 Å². The minimum atomic E-state index is -0.377. The second-order valence-corrected chi connectivity index (χ2v) is 6.32. The van der Waals surface area contributed by atoms with E-state index in [4.69, 9.17) is 0 Å². The Bertz CT molecular complexity index is 870. The van der Waals surface area contributed by atoms with E-state index in [9.17, 15) is 9.59 Å². The first kappa shape index (κ1) is 15.4. The molecule has 0 bridgehead atoms. The first-order valence-electron chi connectivity index (χ1n) is 6.57. The average molecular weight is 348 g/mol. The molecule has 118 valence electrons. The molecule has 0 aliphatic rings. The Labute approximate surface area is 139 Å². The fourth-order valence-corrected chi connectivity index (χ4v) is 3.17. The molecule has 0 saturated heterocycles. The SMILES string of the molecule is Cn1cnn(CC(=O)Nc2nc(Sc3ccccc3)ns2)c1=O. The van der Waals surface area contributed by atoms with Crippen molar-refractivity contribution in [3.63, 3.8) is 0 Å². The zero-order valence-corrected chi connectivity index (χ0v) is 13.7. The van der Waals surface area contributed by atoms with Gasteiger partial charge < -0.3 is 0 Å². The van der Waals surface area contributed by atoms with Crippen molar-refractivity contribution in [2.45, 2.75) is 16.6 Å². The number of aryl methyl sites for hydroxylation is 1. The van der Waals surface area contributed by atoms with Gasteiger partial charge in [0, 0.05) is 23.5 Å². The van der Waals surface area contributed by atoms with Crippen LogP contribution >= 0.6 is 23.3 Å². The Morgan fingerprint density at radius 1 is 1.35 bits per heavy atom. The first-order chi connectivity index (χ1) is 11.1. The van der Waals surface area contributed by atoms with Crippen LogP contribution in [0.1, 0.15) is 0 Å². The molecule has 1 N–H and O–H groups in total. The fraction of sp³-hybridized carbons (Fsp3) is 0.154. The van der Waals surface area contributed by atoms with Crippen LogP contribution in [0, 0.1) is 0 Å². The van der Waals surface area contributed by atoms with Crippen molar-refractivity contribution in [1.82, 2.24) is 23.7 Å². The maximum Gasteiger partial charge on any atom is 0.345 e. The summed E-state index contributed by atoms with van der Waals surface area (Å²) >= 11 is 2.50.